The lowest BCUT2D eigenvalue weighted by Crippen LogP contribution is -2.62. The molecule has 0 aromatic heterocycles. The Hall–Kier alpha value is -0.640. The Bertz CT molecular complexity index is 3770. The average Bonchev–Trinajstić information content (AvgIpc) is 0.774. The Morgan fingerprint density at radius 1 is 0.232 bits per heavy atom. The summed E-state index contributed by atoms with van der Waals surface area (Å²) < 4.78 is 419. The van der Waals surface area contributed by atoms with Gasteiger partial charge in [0.25, 0.3) is 0 Å². The zero-order valence-electron chi connectivity index (χ0n) is 63.5. The maximum Gasteiger partial charge on any atom is 0.397 e. The molecule has 0 aromatic carbocycles. The Balaban J connectivity index is 1.40. The van der Waals surface area contributed by atoms with Crippen molar-refractivity contribution in [3.63, 3.8) is 0 Å². The molecule has 0 aliphatic carbocycles. The molecule has 0 saturated carbocycles. The molecule has 77 heteroatoms. The maximum absolute atomic E-state index is 12.5. The largest absolute Gasteiger partial charge is 0.397 e. The lowest BCUT2D eigenvalue weighted by atomic mass is 9.82. The summed E-state index contributed by atoms with van der Waals surface area (Å²) in [6.07, 6.45) is -59.7. The normalized spacial score (nSPS) is 40.7. The van der Waals surface area contributed by atoms with Crippen LogP contribution in [0.25, 0.3) is 0 Å². The third kappa shape index (κ3) is 34.5. The zero-order chi connectivity index (χ0) is 93.0. The van der Waals surface area contributed by atoms with Crippen LogP contribution in [0.1, 0.15) is 48.5 Å². The van der Waals surface area contributed by atoms with E-state index < -0.39 is 388 Å². The van der Waals surface area contributed by atoms with Gasteiger partial charge in [-0.1, -0.05) is 0 Å². The molecule has 45 atom stereocenters. The van der Waals surface area contributed by atoms with Gasteiger partial charge in [0.15, 0.2) is 74.6 Å². The third-order valence-corrected chi connectivity index (χ3v) is 21.5. The summed E-state index contributed by atoms with van der Waals surface area (Å²) in [6.45, 7) is 0.858. The Morgan fingerprint density at radius 3 is 0.856 bits per heavy atom. The number of aliphatic hydroxyl groups is 4. The van der Waals surface area contributed by atoms with E-state index >= 15 is 0 Å². The number of aliphatic hydroxyl groups excluding tert-OH is 4. The van der Waals surface area contributed by atoms with Crippen LogP contribution in [0.2, 0.25) is 0 Å². The summed E-state index contributed by atoms with van der Waals surface area (Å²) in [5.41, 5.74) is 0. The van der Waals surface area contributed by atoms with E-state index in [9.17, 15) is 134 Å². The van der Waals surface area contributed by atoms with Gasteiger partial charge in [-0.05, 0) is 48.5 Å². The first-order valence-corrected chi connectivity index (χ1v) is 47.4. The molecule has 0 aromatic rings. The van der Waals surface area contributed by atoms with Gasteiger partial charge in [-0.2, -0.15) is 58.9 Å². The first-order valence-electron chi connectivity index (χ1n) is 34.3. The van der Waals surface area contributed by atoms with E-state index in [1.54, 1.807) is 0 Å². The van der Waals surface area contributed by atoms with E-state index in [-0.39, 0.29) is 0 Å². The van der Waals surface area contributed by atoms with Crippen LogP contribution in [-0.2, 0) is 297 Å². The van der Waals surface area contributed by atoms with Crippen LogP contribution < -0.4 is 0 Å². The Kier molecular flexibility index (Phi) is 46.9. The molecule has 7 heterocycles. The summed E-state index contributed by atoms with van der Waals surface area (Å²) in [4.78, 5) is 51.3. The van der Waals surface area contributed by atoms with Crippen molar-refractivity contribution in [1.82, 2.24) is 0 Å². The van der Waals surface area contributed by atoms with Gasteiger partial charge in [-0.3, -0.25) is 54.6 Å². The molecule has 7 rings (SSSR count). The fourth-order valence-corrected chi connectivity index (χ4v) is 16.1. The molecule has 0 bridgehead atoms. The fraction of sp³-hybridized carbons (Fsp3) is 1.00. The van der Waals surface area contributed by atoms with E-state index in [0.29, 0.717) is 0 Å². The molecule has 7 fully saturated rings. The Labute approximate surface area is 728 Å². The standard InChI is InChI=1S/C48H84O65S12/c1-14-27(49)38(102-124(73,74)75)29(51)45(86-14)81-11-24-21(8-82-46-37(99-111-121(67)68)26(33(18(5)89-46)95-107-117(59)60)13-84-47-39(100-112-122(69)70)28(50)34(19(6)90-47)96-108-118(61)62)30(92-104-114(53)54)16(3)87-43(24)79-10-23-22(9-83-48-41(101-113-123(71)72)40(103-125(76,77)78)35(20(7)91-48)97-109-119(63)64)31(93-105-115(55)56)17(4)88-44(23)80-12-25-32(94-106-116(57)58)15(2)85-42(52)36(25)98-110-120(65)66/h14-52H,8-13H2,1-7H3,(H,53,54)(H,55,56)(H,57,58)(H,59,60)(H,61,62)(H,63,64)(H,65,66)(H,67,68)(H,69,70)(H,71,72)(H,73,74,75)(H,76,77,78)/t14?,15?,16?,17?,18?,19?,20?,21-,22-,23?,24?,25+,26+,27-,28+,29?,30-,31-,32-,33-,34-,35-,36?,37?,38+,39?,40+,41?,42?,43-,44-,45-,46-,47-,48-/m1/s1. The smallest absolute Gasteiger partial charge is 0.388 e. The van der Waals surface area contributed by atoms with Crippen molar-refractivity contribution in [2.45, 2.75) is 227 Å². The monoisotopic (exact) mass is 2080 g/mol. The van der Waals surface area contributed by atoms with Crippen molar-refractivity contribution in [1.29, 1.82) is 0 Å². The summed E-state index contributed by atoms with van der Waals surface area (Å²) in [6, 6.07) is 0. The van der Waals surface area contributed by atoms with Gasteiger partial charge in [-0.15, -0.1) is 43.3 Å². The van der Waals surface area contributed by atoms with Crippen LogP contribution in [0.15, 0.2) is 0 Å². The molecule has 7 aliphatic rings. The summed E-state index contributed by atoms with van der Waals surface area (Å²) >= 11 is -33.8. The number of rotatable bonds is 52. The molecule has 0 spiro atoms. The second-order valence-electron chi connectivity index (χ2n) is 26.4. The molecular formula is C48H84O65S12. The molecule has 65 nitrogen and oxygen atoms in total. The lowest BCUT2D eigenvalue weighted by molar-refractivity contribution is -0.413. The van der Waals surface area contributed by atoms with Crippen LogP contribution in [0.4, 0.5) is 0 Å². The molecule has 0 amide bonds. The average molecular weight is 2090 g/mol. The van der Waals surface area contributed by atoms with Gasteiger partial charge >= 0.3 is 134 Å². The molecule has 7 saturated heterocycles. The minimum absolute atomic E-state index is 0.999. The highest BCUT2D eigenvalue weighted by atomic mass is 32.3. The van der Waals surface area contributed by atoms with Gasteiger partial charge in [0, 0.05) is 35.5 Å². The first-order chi connectivity index (χ1) is 58.5. The van der Waals surface area contributed by atoms with Crippen LogP contribution in [0.3, 0.4) is 0 Å². The van der Waals surface area contributed by atoms with E-state index in [0.717, 1.165) is 41.5 Å². The van der Waals surface area contributed by atoms with Crippen molar-refractivity contribution in [2.75, 3.05) is 39.6 Å². The lowest BCUT2D eigenvalue weighted by Gasteiger charge is -2.49. The van der Waals surface area contributed by atoms with Crippen LogP contribution in [-0.4, -0.2) is 352 Å². The Morgan fingerprint density at radius 2 is 0.472 bits per heavy atom. The minimum Gasteiger partial charge on any atom is -0.388 e. The van der Waals surface area contributed by atoms with E-state index in [2.05, 4.69) is 43.2 Å². The predicted octanol–water partition coefficient (Wildman–Crippen LogP) is -7.02. The summed E-state index contributed by atoms with van der Waals surface area (Å²) in [7, 11) is -11.4. The minimum atomic E-state index is -5.81. The number of hydrogen-bond acceptors (Lipinski definition) is 53. The van der Waals surface area contributed by atoms with Crippen molar-refractivity contribution in [3.8, 4) is 0 Å². The third-order valence-electron chi connectivity index (χ3n) is 18.7. The van der Waals surface area contributed by atoms with E-state index in [1.165, 1.54) is 6.92 Å². The molecule has 7 aliphatic heterocycles. The second kappa shape index (κ2) is 52.6. The summed E-state index contributed by atoms with van der Waals surface area (Å²) in [5, 5.41) is 45.3. The van der Waals surface area contributed by atoms with Crippen LogP contribution >= 0.6 is 0 Å². The van der Waals surface area contributed by atoms with Crippen LogP contribution in [0, 0.1) is 35.5 Å². The highest BCUT2D eigenvalue weighted by Crippen LogP contribution is 2.44. The van der Waals surface area contributed by atoms with E-state index in [4.69, 9.17) is 119 Å². The molecule has 16 N–H and O–H groups in total. The quantitative estimate of drug-likeness (QED) is 0.0116. The topological polar surface area (TPSA) is 886 Å². The SMILES string of the molecule is CC1O[C@@H](OCC2[C@H](OCC3[C@H](OC[C@@H]4C(OOS(=O)O)C(O)OC(C)[C@H]4OOS(=O)O)OC(C)[C@@H](OOS(=O)O)[C@@H]3CO[C@@H]3OC(C)[C@@H](OOS(=O)O)[C@H](OS(=O)(=O)O)C3OOS(=O)O)OC(C)[C@@H](OOS(=O)O)[C@@H]2CO[C@@H]2OC(C)[C@@H](OOS(=O)O)[C@H](CO[C@@H]3OC(C)[C@@H](OOS(=O)O)[C@H](O)C3OOS(=O)O)C2OOS(=O)O)C(O)[C@@H](OS(=O)(=O)O)[C@@H]1O. The van der Waals surface area contributed by atoms with E-state index in [1.807, 2.05) is 0 Å². The molecule has 125 heavy (non-hydrogen) atoms. The molecule has 738 valence electrons. The maximum atomic E-state index is 12.5. The van der Waals surface area contributed by atoms with Gasteiger partial charge < -0.3 is 82.0 Å². The first kappa shape index (κ1) is 111. The van der Waals surface area contributed by atoms with Crippen molar-refractivity contribution >= 4 is 134 Å². The van der Waals surface area contributed by atoms with Crippen molar-refractivity contribution in [2.24, 2.45) is 35.5 Å². The van der Waals surface area contributed by atoms with Gasteiger partial charge in [0.2, 0.25) is 0 Å². The molecular weight excluding hydrogens is 2000 g/mol. The van der Waals surface area contributed by atoms with Crippen LogP contribution in [0.5, 0.6) is 0 Å². The highest BCUT2D eigenvalue weighted by molar-refractivity contribution is 7.81. The van der Waals surface area contributed by atoms with Gasteiger partial charge in [0.05, 0.1) is 82.4 Å². The predicted molar refractivity (Wildman–Crippen MR) is 377 cm³/mol. The van der Waals surface area contributed by atoms with Crippen molar-refractivity contribution in [3.05, 3.63) is 0 Å². The summed E-state index contributed by atoms with van der Waals surface area (Å²) in [5.74, 6) is -11.3. The zero-order valence-corrected chi connectivity index (χ0v) is 73.3. The van der Waals surface area contributed by atoms with Gasteiger partial charge in [0.1, 0.15) is 61.0 Å². The fourth-order valence-electron chi connectivity index (χ4n) is 13.5. The van der Waals surface area contributed by atoms with Crippen molar-refractivity contribution < 1.29 is 296 Å². The highest BCUT2D eigenvalue weighted by Gasteiger charge is 2.59. The second-order valence-corrected chi connectivity index (χ2v) is 34.2. The number of ether oxygens (including phenoxy) is 13. The van der Waals surface area contributed by atoms with Gasteiger partial charge in [-0.25, -0.2) is 57.2 Å². The number of hydrogen-bond donors (Lipinski definition) is 16. The molecule has 25 unspecified atom stereocenters. The molecule has 0 radical (unpaired) electrons.